The first-order chi connectivity index (χ1) is 7.99. The summed E-state index contributed by atoms with van der Waals surface area (Å²) in [6.07, 6.45) is 1.21. The van der Waals surface area contributed by atoms with Gasteiger partial charge < -0.3 is 15.0 Å². The predicted molar refractivity (Wildman–Crippen MR) is 60.2 cm³/mol. The standard InChI is InChI=1S/C10H9ClN2O4/c11-6-2-7(9(15)12-3-6)13-4-5(10(16)17)1-8(13)14/h2-3,5H,1,4H2,(H,12,15)(H,16,17). The molecule has 2 N–H and O–H groups in total. The van der Waals surface area contributed by atoms with E-state index in [-0.39, 0.29) is 29.6 Å². The maximum atomic E-state index is 11.6. The Bertz CT molecular complexity index is 539. The number of aromatic amines is 1. The van der Waals surface area contributed by atoms with Crippen molar-refractivity contribution < 1.29 is 14.7 Å². The van der Waals surface area contributed by atoms with E-state index in [2.05, 4.69) is 4.98 Å². The van der Waals surface area contributed by atoms with E-state index in [1.54, 1.807) is 0 Å². The van der Waals surface area contributed by atoms with E-state index in [1.807, 2.05) is 0 Å². The number of nitrogens with one attached hydrogen (secondary N) is 1. The number of nitrogens with zero attached hydrogens (tertiary/aromatic N) is 1. The number of rotatable bonds is 2. The van der Waals surface area contributed by atoms with Crippen LogP contribution in [0.1, 0.15) is 6.42 Å². The van der Waals surface area contributed by atoms with E-state index in [1.165, 1.54) is 12.3 Å². The molecule has 1 saturated heterocycles. The fourth-order valence-corrected chi connectivity index (χ4v) is 1.91. The summed E-state index contributed by atoms with van der Waals surface area (Å²) in [5, 5.41) is 9.11. The van der Waals surface area contributed by atoms with Crippen molar-refractivity contribution in [1.82, 2.24) is 4.98 Å². The smallest absolute Gasteiger partial charge is 0.308 e. The molecule has 90 valence electrons. The minimum absolute atomic E-state index is 0.00239. The number of hydrogen-bond acceptors (Lipinski definition) is 3. The quantitative estimate of drug-likeness (QED) is 0.805. The molecule has 0 saturated carbocycles. The largest absolute Gasteiger partial charge is 0.481 e. The summed E-state index contributed by atoms with van der Waals surface area (Å²) in [5.41, 5.74) is -0.375. The molecule has 2 heterocycles. The van der Waals surface area contributed by atoms with Crippen molar-refractivity contribution in [3.8, 4) is 0 Å². The van der Waals surface area contributed by atoms with E-state index in [4.69, 9.17) is 16.7 Å². The van der Waals surface area contributed by atoms with Gasteiger partial charge in [-0.05, 0) is 6.07 Å². The first kappa shape index (κ1) is 11.7. The molecular formula is C10H9ClN2O4. The van der Waals surface area contributed by atoms with Crippen LogP contribution in [-0.4, -0.2) is 28.5 Å². The van der Waals surface area contributed by atoms with Crippen molar-refractivity contribution in [2.75, 3.05) is 11.4 Å². The number of pyridine rings is 1. The monoisotopic (exact) mass is 256 g/mol. The second kappa shape index (κ2) is 4.21. The van der Waals surface area contributed by atoms with E-state index < -0.39 is 17.4 Å². The number of anilines is 1. The molecule has 17 heavy (non-hydrogen) atoms. The number of hydrogen-bond donors (Lipinski definition) is 2. The van der Waals surface area contributed by atoms with Crippen molar-refractivity contribution >= 4 is 29.2 Å². The summed E-state index contributed by atoms with van der Waals surface area (Å²) in [6.45, 7) is -0.00239. The maximum absolute atomic E-state index is 11.6. The van der Waals surface area contributed by atoms with Gasteiger partial charge in [-0.25, -0.2) is 0 Å². The fourth-order valence-electron chi connectivity index (χ4n) is 1.75. The average molecular weight is 257 g/mol. The second-order valence-electron chi connectivity index (χ2n) is 3.78. The highest BCUT2D eigenvalue weighted by atomic mass is 35.5. The molecule has 0 aromatic carbocycles. The van der Waals surface area contributed by atoms with Gasteiger partial charge in [-0.1, -0.05) is 11.6 Å². The summed E-state index contributed by atoms with van der Waals surface area (Å²) in [5.74, 6) is -2.20. The summed E-state index contributed by atoms with van der Waals surface area (Å²) in [7, 11) is 0. The van der Waals surface area contributed by atoms with E-state index in [0.717, 1.165) is 4.90 Å². The fraction of sp³-hybridized carbons (Fsp3) is 0.300. The number of carboxylic acids is 1. The third-order valence-electron chi connectivity index (χ3n) is 2.61. The van der Waals surface area contributed by atoms with Gasteiger partial charge in [-0.15, -0.1) is 0 Å². The number of H-pyrrole nitrogens is 1. The van der Waals surface area contributed by atoms with E-state index in [0.29, 0.717) is 0 Å². The van der Waals surface area contributed by atoms with Gasteiger partial charge >= 0.3 is 5.97 Å². The molecule has 0 bridgehead atoms. The maximum Gasteiger partial charge on any atom is 0.308 e. The van der Waals surface area contributed by atoms with Crippen LogP contribution in [0.15, 0.2) is 17.1 Å². The first-order valence-electron chi connectivity index (χ1n) is 4.90. The van der Waals surface area contributed by atoms with Crippen molar-refractivity contribution in [1.29, 1.82) is 0 Å². The summed E-state index contributed by atoms with van der Waals surface area (Å²) >= 11 is 5.72. The highest BCUT2D eigenvalue weighted by molar-refractivity contribution is 6.30. The Morgan fingerprint density at radius 3 is 2.82 bits per heavy atom. The zero-order chi connectivity index (χ0) is 12.6. The Kier molecular flexibility index (Phi) is 2.89. The summed E-state index contributed by atoms with van der Waals surface area (Å²) in [6, 6.07) is 1.35. The Morgan fingerprint density at radius 1 is 1.53 bits per heavy atom. The topological polar surface area (TPSA) is 90.5 Å². The highest BCUT2D eigenvalue weighted by Gasteiger charge is 2.36. The van der Waals surface area contributed by atoms with Crippen LogP contribution in [0.25, 0.3) is 0 Å². The Hall–Kier alpha value is -1.82. The SMILES string of the molecule is O=C(O)C1CC(=O)N(c2cc(Cl)c[nH]c2=O)C1. The van der Waals surface area contributed by atoms with E-state index in [9.17, 15) is 14.4 Å². The molecule has 1 unspecified atom stereocenters. The van der Waals surface area contributed by atoms with E-state index >= 15 is 0 Å². The molecule has 0 spiro atoms. The Balaban J connectivity index is 2.35. The zero-order valence-electron chi connectivity index (χ0n) is 8.64. The third-order valence-corrected chi connectivity index (χ3v) is 2.83. The molecule has 0 radical (unpaired) electrons. The Labute approximate surface area is 101 Å². The van der Waals surface area contributed by atoms with Crippen LogP contribution in [0.2, 0.25) is 5.02 Å². The molecule has 1 aliphatic rings. The van der Waals surface area contributed by atoms with Gasteiger partial charge in [-0.2, -0.15) is 0 Å². The summed E-state index contributed by atoms with van der Waals surface area (Å²) in [4.78, 5) is 37.5. The minimum Gasteiger partial charge on any atom is -0.481 e. The molecule has 0 aliphatic carbocycles. The Morgan fingerprint density at radius 2 is 2.24 bits per heavy atom. The molecule has 1 amide bonds. The predicted octanol–water partition coefficient (Wildman–Crippen LogP) is 0.466. The molecule has 1 atom stereocenters. The lowest BCUT2D eigenvalue weighted by atomic mass is 10.1. The van der Waals surface area contributed by atoms with Gasteiger partial charge in [0, 0.05) is 19.2 Å². The number of aromatic nitrogens is 1. The lowest BCUT2D eigenvalue weighted by molar-refractivity contribution is -0.141. The van der Waals surface area contributed by atoms with Gasteiger partial charge in [0.1, 0.15) is 5.69 Å². The molecule has 1 fully saturated rings. The summed E-state index contributed by atoms with van der Waals surface area (Å²) < 4.78 is 0. The molecule has 1 aromatic heterocycles. The lowest BCUT2D eigenvalue weighted by Gasteiger charge is -2.14. The average Bonchev–Trinajstić information content (AvgIpc) is 2.64. The first-order valence-corrected chi connectivity index (χ1v) is 5.28. The van der Waals surface area contributed by atoms with Crippen LogP contribution in [0.5, 0.6) is 0 Å². The van der Waals surface area contributed by atoms with Crippen molar-refractivity contribution in [3.05, 3.63) is 27.6 Å². The van der Waals surface area contributed by atoms with Crippen LogP contribution in [0.3, 0.4) is 0 Å². The minimum atomic E-state index is -1.04. The molecule has 1 aromatic rings. The van der Waals surface area contributed by atoms with Gasteiger partial charge in [0.25, 0.3) is 5.56 Å². The van der Waals surface area contributed by atoms with Crippen LogP contribution >= 0.6 is 11.6 Å². The van der Waals surface area contributed by atoms with Gasteiger partial charge in [0.2, 0.25) is 5.91 Å². The highest BCUT2D eigenvalue weighted by Crippen LogP contribution is 2.23. The number of halogens is 1. The molecular weight excluding hydrogens is 248 g/mol. The van der Waals surface area contributed by atoms with Gasteiger partial charge in [-0.3, -0.25) is 14.4 Å². The number of carbonyl (C=O) groups excluding carboxylic acids is 1. The zero-order valence-corrected chi connectivity index (χ0v) is 9.40. The second-order valence-corrected chi connectivity index (χ2v) is 4.21. The number of carboxylic acid groups (broad SMARTS) is 1. The third kappa shape index (κ3) is 2.16. The van der Waals surface area contributed by atoms with Crippen LogP contribution in [0.4, 0.5) is 5.69 Å². The van der Waals surface area contributed by atoms with Gasteiger partial charge in [0.05, 0.1) is 10.9 Å². The number of amides is 1. The van der Waals surface area contributed by atoms with Crippen LogP contribution in [0, 0.1) is 5.92 Å². The van der Waals surface area contributed by atoms with Crippen LogP contribution in [-0.2, 0) is 9.59 Å². The van der Waals surface area contributed by atoms with Crippen molar-refractivity contribution in [3.63, 3.8) is 0 Å². The molecule has 1 aliphatic heterocycles. The number of aliphatic carboxylic acids is 1. The number of carbonyl (C=O) groups is 2. The molecule has 6 nitrogen and oxygen atoms in total. The molecule has 7 heteroatoms. The van der Waals surface area contributed by atoms with Crippen LogP contribution < -0.4 is 10.5 Å². The van der Waals surface area contributed by atoms with Crippen molar-refractivity contribution in [2.45, 2.75) is 6.42 Å². The van der Waals surface area contributed by atoms with Crippen molar-refractivity contribution in [2.24, 2.45) is 5.92 Å². The normalized spacial score (nSPS) is 19.7. The lowest BCUT2D eigenvalue weighted by Crippen LogP contribution is -2.30. The van der Waals surface area contributed by atoms with Gasteiger partial charge in [0.15, 0.2) is 0 Å². The molecule has 2 rings (SSSR count).